The van der Waals surface area contributed by atoms with Gasteiger partial charge >= 0.3 is 0 Å². The molecule has 0 spiro atoms. The van der Waals surface area contributed by atoms with Crippen molar-refractivity contribution < 1.29 is 0 Å². The zero-order chi connectivity index (χ0) is 33.0. The molecule has 232 valence electrons. The van der Waals surface area contributed by atoms with Crippen LogP contribution < -0.4 is 0 Å². The summed E-state index contributed by atoms with van der Waals surface area (Å²) in [5.41, 5.74) is 16.7. The summed E-state index contributed by atoms with van der Waals surface area (Å²) in [5.74, 6) is 0. The van der Waals surface area contributed by atoms with E-state index in [1.54, 1.807) is 0 Å². The minimum absolute atomic E-state index is 0.872. The number of pyridine rings is 2. The Morgan fingerprint density at radius 2 is 0.800 bits per heavy atom. The fourth-order valence-electron chi connectivity index (χ4n) is 8.04. The first-order valence-corrected chi connectivity index (χ1v) is 17.1. The number of hydrogen-bond donors (Lipinski definition) is 0. The maximum Gasteiger partial charge on any atom is 0.0964 e. The Morgan fingerprint density at radius 3 is 1.44 bits per heavy atom. The van der Waals surface area contributed by atoms with Gasteiger partial charge in [-0.2, -0.15) is 0 Å². The number of nitrogens with zero attached hydrogens (tertiary/aromatic N) is 2. The normalized spacial score (nSPS) is 11.6. The summed E-state index contributed by atoms with van der Waals surface area (Å²) in [5, 5.41) is 5.13. The fourth-order valence-corrected chi connectivity index (χ4v) is 8.04. The van der Waals surface area contributed by atoms with Gasteiger partial charge in [0, 0.05) is 18.0 Å². The Kier molecular flexibility index (Phi) is 6.53. The molecule has 1 aliphatic carbocycles. The van der Waals surface area contributed by atoms with Crippen LogP contribution in [0.25, 0.3) is 99.7 Å². The van der Waals surface area contributed by atoms with Crippen LogP contribution >= 0.6 is 0 Å². The Balaban J connectivity index is 1.20. The van der Waals surface area contributed by atoms with Gasteiger partial charge in [-0.15, -0.1) is 0 Å². The summed E-state index contributed by atoms with van der Waals surface area (Å²) >= 11 is 0. The highest BCUT2D eigenvalue weighted by molar-refractivity contribution is 6.28. The van der Waals surface area contributed by atoms with E-state index in [1.165, 1.54) is 77.2 Å². The fraction of sp³-hybridized carbons (Fsp3) is 0. The minimum Gasteiger partial charge on any atom is -0.255 e. The lowest BCUT2D eigenvalue weighted by molar-refractivity contribution is 1.25. The Morgan fingerprint density at radius 1 is 0.280 bits per heavy atom. The van der Waals surface area contributed by atoms with E-state index in [4.69, 9.17) is 4.98 Å². The van der Waals surface area contributed by atoms with Crippen molar-refractivity contribution in [3.8, 4) is 78.1 Å². The first-order chi connectivity index (χ1) is 24.8. The molecule has 2 heteroatoms. The molecule has 0 radical (unpaired) electrons. The van der Waals surface area contributed by atoms with E-state index in [0.29, 0.717) is 0 Å². The summed E-state index contributed by atoms with van der Waals surface area (Å²) in [4.78, 5) is 9.29. The zero-order valence-electron chi connectivity index (χ0n) is 27.2. The van der Waals surface area contributed by atoms with Crippen LogP contribution in [-0.4, -0.2) is 9.97 Å². The largest absolute Gasteiger partial charge is 0.255 e. The third-order valence-corrected chi connectivity index (χ3v) is 10.1. The van der Waals surface area contributed by atoms with Gasteiger partial charge in [0.15, 0.2) is 0 Å². The van der Waals surface area contributed by atoms with Crippen LogP contribution in [0.1, 0.15) is 0 Å². The van der Waals surface area contributed by atoms with Crippen LogP contribution in [0.3, 0.4) is 0 Å². The Bertz CT molecular complexity index is 2620. The van der Waals surface area contributed by atoms with Crippen LogP contribution in [0.2, 0.25) is 0 Å². The Hall–Kier alpha value is -6.64. The molecule has 0 amide bonds. The highest BCUT2D eigenvalue weighted by atomic mass is 14.8. The molecule has 7 aromatic carbocycles. The van der Waals surface area contributed by atoms with E-state index in [2.05, 4.69) is 151 Å². The maximum absolute atomic E-state index is 4.71. The SMILES string of the molecule is c1ccc(-c2c3c(c(-c4ccccc4)c4ccccc24)-c2ccc(-c4ccc(-c5cccnc5-c5ccccn5)cc4)c4cccc-3c24)cc1. The van der Waals surface area contributed by atoms with Crippen LogP contribution in [0.15, 0.2) is 182 Å². The number of benzene rings is 7. The number of aromatic nitrogens is 2. The van der Waals surface area contributed by atoms with Crippen molar-refractivity contribution in [2.45, 2.75) is 0 Å². The lowest BCUT2D eigenvalue weighted by Gasteiger charge is -2.20. The van der Waals surface area contributed by atoms with E-state index >= 15 is 0 Å². The first kappa shape index (κ1) is 28.4. The van der Waals surface area contributed by atoms with Crippen molar-refractivity contribution in [1.29, 1.82) is 0 Å². The van der Waals surface area contributed by atoms with Gasteiger partial charge in [0.05, 0.1) is 11.4 Å². The average molecular weight is 635 g/mol. The molecule has 0 saturated carbocycles. The number of fused-ring (bicyclic) bond motifs is 4. The quantitative estimate of drug-likeness (QED) is 0.188. The molecule has 0 bridgehead atoms. The molecule has 9 aromatic rings. The van der Waals surface area contributed by atoms with E-state index in [-0.39, 0.29) is 0 Å². The van der Waals surface area contributed by atoms with Crippen molar-refractivity contribution >= 4 is 21.5 Å². The topological polar surface area (TPSA) is 25.8 Å². The average Bonchev–Trinajstić information content (AvgIpc) is 3.53. The van der Waals surface area contributed by atoms with E-state index in [9.17, 15) is 0 Å². The maximum atomic E-state index is 4.71. The number of hydrogen-bond acceptors (Lipinski definition) is 2. The van der Waals surface area contributed by atoms with Crippen molar-refractivity contribution in [2.24, 2.45) is 0 Å². The van der Waals surface area contributed by atoms with E-state index in [0.717, 1.165) is 22.5 Å². The number of rotatable bonds is 5. The summed E-state index contributed by atoms with van der Waals surface area (Å²) in [6.07, 6.45) is 3.65. The van der Waals surface area contributed by atoms with Gasteiger partial charge in [0.1, 0.15) is 0 Å². The van der Waals surface area contributed by atoms with Crippen LogP contribution in [0.4, 0.5) is 0 Å². The van der Waals surface area contributed by atoms with Gasteiger partial charge in [0.25, 0.3) is 0 Å². The molecule has 0 saturated heterocycles. The summed E-state index contributed by atoms with van der Waals surface area (Å²) in [6, 6.07) is 61.3. The molecule has 0 unspecified atom stereocenters. The minimum atomic E-state index is 0.872. The van der Waals surface area contributed by atoms with Crippen LogP contribution in [-0.2, 0) is 0 Å². The second-order valence-corrected chi connectivity index (χ2v) is 12.9. The van der Waals surface area contributed by atoms with Crippen molar-refractivity contribution in [1.82, 2.24) is 9.97 Å². The molecule has 0 atom stereocenters. The van der Waals surface area contributed by atoms with Gasteiger partial charge < -0.3 is 0 Å². The molecular weight excluding hydrogens is 605 g/mol. The zero-order valence-corrected chi connectivity index (χ0v) is 27.2. The second-order valence-electron chi connectivity index (χ2n) is 12.9. The predicted octanol–water partition coefficient (Wildman–Crippen LogP) is 12.8. The van der Waals surface area contributed by atoms with Gasteiger partial charge in [0.2, 0.25) is 0 Å². The highest BCUT2D eigenvalue weighted by Crippen LogP contribution is 2.58. The third kappa shape index (κ3) is 4.36. The molecule has 10 rings (SSSR count). The lowest BCUT2D eigenvalue weighted by atomic mass is 9.82. The summed E-state index contributed by atoms with van der Waals surface area (Å²) in [7, 11) is 0. The Labute approximate surface area is 291 Å². The van der Waals surface area contributed by atoms with Crippen molar-refractivity contribution in [2.75, 3.05) is 0 Å². The molecule has 2 nitrogen and oxygen atoms in total. The standard InChI is InChI=1S/C48H30N2/c1-3-13-33(14-4-1)43-38-17-7-8-18-39(38)44(34-15-5-2-6-16-34)47-41-28-27-35(37-19-11-20-40(45(37)41)46(43)47)31-23-25-32(26-24-31)36-21-12-30-50-48(36)42-22-9-10-29-49-42/h1-30H. The molecule has 0 aliphatic heterocycles. The molecule has 2 heterocycles. The molecular formula is C48H30N2. The lowest BCUT2D eigenvalue weighted by Crippen LogP contribution is -1.93. The molecule has 0 fully saturated rings. The second kappa shape index (κ2) is 11.5. The third-order valence-electron chi connectivity index (χ3n) is 10.1. The van der Waals surface area contributed by atoms with Gasteiger partial charge in [-0.3, -0.25) is 9.97 Å². The first-order valence-electron chi connectivity index (χ1n) is 17.1. The van der Waals surface area contributed by atoms with Gasteiger partial charge in [-0.05, 0) is 101 Å². The monoisotopic (exact) mass is 634 g/mol. The summed E-state index contributed by atoms with van der Waals surface area (Å²) < 4.78 is 0. The highest BCUT2D eigenvalue weighted by Gasteiger charge is 2.31. The van der Waals surface area contributed by atoms with Crippen molar-refractivity contribution in [3.63, 3.8) is 0 Å². The molecule has 1 aliphatic rings. The van der Waals surface area contributed by atoms with E-state index in [1.807, 2.05) is 36.7 Å². The molecule has 2 aromatic heterocycles. The van der Waals surface area contributed by atoms with E-state index < -0.39 is 0 Å². The molecule has 50 heavy (non-hydrogen) atoms. The predicted molar refractivity (Wildman–Crippen MR) is 209 cm³/mol. The van der Waals surface area contributed by atoms with Crippen molar-refractivity contribution in [3.05, 3.63) is 182 Å². The summed E-state index contributed by atoms with van der Waals surface area (Å²) in [6.45, 7) is 0. The van der Waals surface area contributed by atoms with Crippen LogP contribution in [0.5, 0.6) is 0 Å². The molecule has 0 N–H and O–H groups in total. The smallest absolute Gasteiger partial charge is 0.0964 e. The van der Waals surface area contributed by atoms with Gasteiger partial charge in [-0.1, -0.05) is 152 Å². The van der Waals surface area contributed by atoms with Gasteiger partial charge in [-0.25, -0.2) is 0 Å². The van der Waals surface area contributed by atoms with Crippen LogP contribution in [0, 0.1) is 0 Å².